The number of carbonyl (C=O) groups is 1. The molecule has 1 amide bonds. The van der Waals surface area contributed by atoms with E-state index in [9.17, 15) is 4.79 Å². The molecule has 0 bridgehead atoms. The Morgan fingerprint density at radius 2 is 2.30 bits per heavy atom. The van der Waals surface area contributed by atoms with E-state index < -0.39 is 0 Å². The van der Waals surface area contributed by atoms with Gasteiger partial charge in [0.2, 0.25) is 11.9 Å². The van der Waals surface area contributed by atoms with Gasteiger partial charge in [0.25, 0.3) is 0 Å². The third-order valence-corrected chi connectivity index (χ3v) is 3.21. The number of H-pyrrole nitrogens is 1. The minimum Gasteiger partial charge on any atom is -0.496 e. The normalized spacial score (nSPS) is 10.3. The monoisotopic (exact) mass is 338 g/mol. The first kappa shape index (κ1) is 14.5. The van der Waals surface area contributed by atoms with Gasteiger partial charge in [0.05, 0.1) is 7.11 Å². The van der Waals surface area contributed by atoms with Gasteiger partial charge < -0.3 is 4.74 Å². The number of carbonyl (C=O) groups excluding carboxylic acids is 1. The number of hydrogen-bond acceptors (Lipinski definition) is 4. The molecule has 7 heteroatoms. The summed E-state index contributed by atoms with van der Waals surface area (Å²) in [4.78, 5) is 15.8. The van der Waals surface area contributed by atoms with Gasteiger partial charge >= 0.3 is 0 Å². The number of halogens is 1. The number of anilines is 1. The molecular weight excluding hydrogens is 324 g/mol. The van der Waals surface area contributed by atoms with E-state index >= 15 is 0 Å². The van der Waals surface area contributed by atoms with Gasteiger partial charge in [0, 0.05) is 10.9 Å². The van der Waals surface area contributed by atoms with Gasteiger partial charge in [-0.1, -0.05) is 15.9 Å². The van der Waals surface area contributed by atoms with E-state index in [4.69, 9.17) is 4.74 Å². The second kappa shape index (κ2) is 6.51. The highest BCUT2D eigenvalue weighted by Crippen LogP contribution is 2.24. The predicted octanol–water partition coefficient (Wildman–Crippen LogP) is 2.46. The number of aromatic nitrogens is 3. The molecule has 0 aliphatic carbocycles. The first-order valence-electron chi connectivity index (χ1n) is 6.10. The van der Waals surface area contributed by atoms with Gasteiger partial charge in [-0.25, -0.2) is 0 Å². The third-order valence-electron chi connectivity index (χ3n) is 2.71. The number of hydrogen-bond donors (Lipinski definition) is 2. The number of rotatable bonds is 5. The van der Waals surface area contributed by atoms with E-state index in [1.807, 2.05) is 18.2 Å². The van der Waals surface area contributed by atoms with Crippen LogP contribution in [0.15, 0.2) is 22.7 Å². The summed E-state index contributed by atoms with van der Waals surface area (Å²) in [5, 5.41) is 9.17. The summed E-state index contributed by atoms with van der Waals surface area (Å²) in [6.45, 7) is 1.77. The molecule has 0 aliphatic heterocycles. The van der Waals surface area contributed by atoms with Gasteiger partial charge in [-0.2, -0.15) is 4.98 Å². The number of aromatic amines is 1. The van der Waals surface area contributed by atoms with Crippen molar-refractivity contribution in [2.45, 2.75) is 19.8 Å². The van der Waals surface area contributed by atoms with Crippen molar-refractivity contribution in [3.05, 3.63) is 34.1 Å². The molecule has 0 radical (unpaired) electrons. The standard InChI is InChI=1S/C13H15BrN4O2/c1-8-15-13(18-17-8)16-12(19)6-3-9-7-10(14)4-5-11(9)20-2/h4-5,7H,3,6H2,1-2H3,(H2,15,16,17,18,19). The average Bonchev–Trinajstić information content (AvgIpc) is 2.82. The van der Waals surface area contributed by atoms with Crippen LogP contribution < -0.4 is 10.1 Å². The number of methoxy groups -OCH3 is 1. The molecule has 0 spiro atoms. The first-order valence-corrected chi connectivity index (χ1v) is 6.89. The minimum absolute atomic E-state index is 0.133. The molecule has 20 heavy (non-hydrogen) atoms. The van der Waals surface area contributed by atoms with E-state index in [0.717, 1.165) is 15.8 Å². The summed E-state index contributed by atoms with van der Waals surface area (Å²) in [6.07, 6.45) is 0.915. The largest absolute Gasteiger partial charge is 0.496 e. The van der Waals surface area contributed by atoms with Crippen LogP contribution in [0.2, 0.25) is 0 Å². The molecule has 0 saturated heterocycles. The molecule has 2 N–H and O–H groups in total. The summed E-state index contributed by atoms with van der Waals surface area (Å²) in [6, 6.07) is 5.72. The molecule has 1 aromatic carbocycles. The average molecular weight is 339 g/mol. The molecule has 2 aromatic rings. The zero-order valence-corrected chi connectivity index (χ0v) is 12.8. The van der Waals surface area contributed by atoms with Crippen LogP contribution in [0, 0.1) is 6.92 Å². The Bertz CT molecular complexity index is 612. The van der Waals surface area contributed by atoms with Gasteiger partial charge in [0.15, 0.2) is 0 Å². The smallest absolute Gasteiger partial charge is 0.248 e. The Labute approximate surface area is 125 Å². The molecule has 6 nitrogen and oxygen atoms in total. The van der Waals surface area contributed by atoms with E-state index in [1.165, 1.54) is 0 Å². The predicted molar refractivity (Wildman–Crippen MR) is 78.8 cm³/mol. The van der Waals surface area contributed by atoms with Crippen LogP contribution in [0.1, 0.15) is 17.8 Å². The molecule has 0 unspecified atom stereocenters. The number of benzene rings is 1. The van der Waals surface area contributed by atoms with Crippen molar-refractivity contribution in [1.29, 1.82) is 0 Å². The number of amides is 1. The Balaban J connectivity index is 1.94. The molecule has 0 atom stereocenters. The van der Waals surface area contributed by atoms with Gasteiger partial charge in [0.1, 0.15) is 11.6 Å². The molecule has 0 fully saturated rings. The minimum atomic E-state index is -0.133. The fraction of sp³-hybridized carbons (Fsp3) is 0.308. The topological polar surface area (TPSA) is 79.9 Å². The number of nitrogens with one attached hydrogen (secondary N) is 2. The van der Waals surface area contributed by atoms with Crippen LogP contribution in [0.25, 0.3) is 0 Å². The van der Waals surface area contributed by atoms with Gasteiger partial charge in [-0.05, 0) is 37.1 Å². The second-order valence-corrected chi connectivity index (χ2v) is 5.16. The van der Waals surface area contributed by atoms with Crippen molar-refractivity contribution >= 4 is 27.8 Å². The van der Waals surface area contributed by atoms with E-state index in [2.05, 4.69) is 36.4 Å². The van der Waals surface area contributed by atoms with E-state index in [0.29, 0.717) is 24.6 Å². The Kier molecular flexibility index (Phi) is 4.73. The molecule has 1 aromatic heterocycles. The summed E-state index contributed by atoms with van der Waals surface area (Å²) in [5.74, 6) is 1.60. The zero-order chi connectivity index (χ0) is 14.5. The van der Waals surface area contributed by atoms with Crippen molar-refractivity contribution in [1.82, 2.24) is 15.2 Å². The molecule has 106 valence electrons. The van der Waals surface area contributed by atoms with Crippen molar-refractivity contribution in [2.24, 2.45) is 0 Å². The lowest BCUT2D eigenvalue weighted by Gasteiger charge is -2.08. The highest BCUT2D eigenvalue weighted by Gasteiger charge is 2.09. The molecule has 0 saturated carbocycles. The fourth-order valence-corrected chi connectivity index (χ4v) is 2.19. The number of ether oxygens (including phenoxy) is 1. The number of nitrogens with zero attached hydrogens (tertiary/aromatic N) is 2. The van der Waals surface area contributed by atoms with Gasteiger partial charge in [-0.3, -0.25) is 15.2 Å². The Morgan fingerprint density at radius 1 is 1.50 bits per heavy atom. The number of aryl methyl sites for hydroxylation is 2. The maximum absolute atomic E-state index is 11.8. The fourth-order valence-electron chi connectivity index (χ4n) is 1.78. The lowest BCUT2D eigenvalue weighted by atomic mass is 10.1. The Morgan fingerprint density at radius 3 is 2.95 bits per heavy atom. The summed E-state index contributed by atoms with van der Waals surface area (Å²) in [7, 11) is 1.61. The maximum atomic E-state index is 11.8. The zero-order valence-electron chi connectivity index (χ0n) is 11.2. The highest BCUT2D eigenvalue weighted by atomic mass is 79.9. The first-order chi connectivity index (χ1) is 9.58. The lowest BCUT2D eigenvalue weighted by Crippen LogP contribution is -2.13. The molecular formula is C13H15BrN4O2. The Hall–Kier alpha value is -1.89. The summed E-state index contributed by atoms with van der Waals surface area (Å²) >= 11 is 3.41. The van der Waals surface area contributed by atoms with Crippen LogP contribution in [0.5, 0.6) is 5.75 Å². The van der Waals surface area contributed by atoms with Gasteiger partial charge in [-0.15, -0.1) is 5.10 Å². The quantitative estimate of drug-likeness (QED) is 0.877. The molecule has 0 aliphatic rings. The van der Waals surface area contributed by atoms with Crippen molar-refractivity contribution in [2.75, 3.05) is 12.4 Å². The van der Waals surface area contributed by atoms with Crippen molar-refractivity contribution in [3.63, 3.8) is 0 Å². The lowest BCUT2D eigenvalue weighted by molar-refractivity contribution is -0.116. The van der Waals surface area contributed by atoms with Crippen LogP contribution >= 0.6 is 15.9 Å². The van der Waals surface area contributed by atoms with Crippen LogP contribution in [0.3, 0.4) is 0 Å². The SMILES string of the molecule is COc1ccc(Br)cc1CCC(=O)Nc1n[nH]c(C)n1. The summed E-state index contributed by atoms with van der Waals surface area (Å²) < 4.78 is 6.23. The van der Waals surface area contributed by atoms with E-state index in [-0.39, 0.29) is 5.91 Å². The third kappa shape index (κ3) is 3.80. The van der Waals surface area contributed by atoms with Crippen molar-refractivity contribution in [3.8, 4) is 5.75 Å². The van der Waals surface area contributed by atoms with Crippen LogP contribution in [-0.2, 0) is 11.2 Å². The van der Waals surface area contributed by atoms with Crippen molar-refractivity contribution < 1.29 is 9.53 Å². The second-order valence-electron chi connectivity index (χ2n) is 4.25. The van der Waals surface area contributed by atoms with E-state index in [1.54, 1.807) is 14.0 Å². The molecule has 1 heterocycles. The maximum Gasteiger partial charge on any atom is 0.248 e. The van der Waals surface area contributed by atoms with Crippen LogP contribution in [-0.4, -0.2) is 28.2 Å². The summed E-state index contributed by atoms with van der Waals surface area (Å²) in [5.41, 5.74) is 0.975. The van der Waals surface area contributed by atoms with Crippen LogP contribution in [0.4, 0.5) is 5.95 Å². The highest BCUT2D eigenvalue weighted by molar-refractivity contribution is 9.10. The molecule has 2 rings (SSSR count).